The normalized spacial score (nSPS) is 5.12. The Labute approximate surface area is 84.0 Å². The lowest BCUT2D eigenvalue weighted by Crippen LogP contribution is -1.84. The average Bonchev–Trinajstić information content (AvgIpc) is 1.41. The van der Waals surface area contributed by atoms with Crippen LogP contribution in [0, 0.1) is 0 Å². The van der Waals surface area contributed by atoms with Gasteiger partial charge in [0.2, 0.25) is 0 Å². The van der Waals surface area contributed by atoms with E-state index < -0.39 is 0 Å². The summed E-state index contributed by atoms with van der Waals surface area (Å²) in [6, 6.07) is 0. The molecule has 0 aliphatic rings. The van der Waals surface area contributed by atoms with Crippen LogP contribution in [0.5, 0.6) is 0 Å². The summed E-state index contributed by atoms with van der Waals surface area (Å²) >= 11 is 2.42. The minimum Gasteiger partial charge on any atom is -0.128 e. The van der Waals surface area contributed by atoms with Crippen LogP contribution in [0.4, 0.5) is 0 Å². The van der Waals surface area contributed by atoms with Gasteiger partial charge < -0.3 is 0 Å². The van der Waals surface area contributed by atoms with Crippen LogP contribution in [0.1, 0.15) is 0 Å². The summed E-state index contributed by atoms with van der Waals surface area (Å²) in [6.45, 7) is 6.81. The number of hydrogen-bond donors (Lipinski definition) is 0. The highest BCUT2D eigenvalue weighted by atomic mass is 79.9. The van der Waals surface area contributed by atoms with Gasteiger partial charge in [-0.15, -0.1) is 39.7 Å². The number of halogens is 2. The van der Waals surface area contributed by atoms with Gasteiger partial charge in [-0.2, -0.15) is 0 Å². The van der Waals surface area contributed by atoms with Gasteiger partial charge in [0.05, 0.1) is 0 Å². The van der Waals surface area contributed by atoms with Crippen LogP contribution in [0.25, 0.3) is 0 Å². The van der Waals surface area contributed by atoms with E-state index in [1.54, 1.807) is 0 Å². The summed E-state index contributed by atoms with van der Waals surface area (Å²) in [4.78, 5) is 0. The van der Waals surface area contributed by atoms with Gasteiger partial charge in [-0.05, 0) is 0 Å². The fourth-order valence-electron chi connectivity index (χ4n) is 0. The van der Waals surface area contributed by atoms with E-state index >= 15 is 0 Å². The molecule has 0 bridgehead atoms. The first-order chi connectivity index (χ1) is 2.73. The first-order valence-electron chi connectivity index (χ1n) is 2.08. The summed E-state index contributed by atoms with van der Waals surface area (Å²) in [6.07, 6.45) is 0. The average molecular weight is 277 g/mol. The zero-order valence-corrected chi connectivity index (χ0v) is 11.5. The summed E-state index contributed by atoms with van der Waals surface area (Å²) in [5, 5.41) is 0. The van der Waals surface area contributed by atoms with E-state index in [2.05, 4.69) is 35.9 Å². The van der Waals surface area contributed by atoms with Crippen molar-refractivity contribution in [3.8, 4) is 0 Å². The molecule has 0 spiro atoms. The highest BCUT2D eigenvalue weighted by molar-refractivity contribution is 8.93. The second-order valence-electron chi connectivity index (χ2n) is 1.50. The Morgan fingerprint density at radius 2 is 0.875 bits per heavy atom. The SMILES string of the molecule is Br.Br.C[Si](C)C.[CH3][Al]. The lowest BCUT2D eigenvalue weighted by Gasteiger charge is -1.75. The molecular weight excluding hydrogens is 263 g/mol. The summed E-state index contributed by atoms with van der Waals surface area (Å²) in [5.41, 5.74) is 0. The molecule has 0 aliphatic heterocycles. The summed E-state index contributed by atoms with van der Waals surface area (Å²) in [7, 11) is 0.120. The van der Waals surface area contributed by atoms with Crippen molar-refractivity contribution in [3.63, 3.8) is 0 Å². The van der Waals surface area contributed by atoms with Crippen LogP contribution in [0.2, 0.25) is 25.4 Å². The van der Waals surface area contributed by atoms with Gasteiger partial charge in [0.15, 0.2) is 0 Å². The molecule has 8 heavy (non-hydrogen) atoms. The summed E-state index contributed by atoms with van der Waals surface area (Å²) in [5.74, 6) is 1.92. The molecule has 51 valence electrons. The maximum Gasteiger partial charge on any atom is 0.112 e. The molecule has 0 unspecified atom stereocenters. The highest BCUT2D eigenvalue weighted by Gasteiger charge is 1.72. The molecule has 0 rings (SSSR count). The molecule has 0 nitrogen and oxygen atoms in total. The van der Waals surface area contributed by atoms with E-state index in [0.717, 1.165) is 0 Å². The third-order valence-electron chi connectivity index (χ3n) is 0. The van der Waals surface area contributed by atoms with Gasteiger partial charge in [0.25, 0.3) is 0 Å². The molecule has 4 heteroatoms. The lowest BCUT2D eigenvalue weighted by molar-refractivity contribution is 1.91. The minimum absolute atomic E-state index is 0. The van der Waals surface area contributed by atoms with Crippen LogP contribution >= 0.6 is 34.0 Å². The van der Waals surface area contributed by atoms with Gasteiger partial charge in [-0.1, -0.05) is 19.6 Å². The quantitative estimate of drug-likeness (QED) is 0.597. The van der Waals surface area contributed by atoms with E-state index in [4.69, 9.17) is 0 Å². The smallest absolute Gasteiger partial charge is 0.112 e. The van der Waals surface area contributed by atoms with Crippen molar-refractivity contribution < 1.29 is 0 Å². The Balaban J connectivity index is -0.0000000183. The van der Waals surface area contributed by atoms with E-state index in [9.17, 15) is 0 Å². The highest BCUT2D eigenvalue weighted by Crippen LogP contribution is 1.68. The van der Waals surface area contributed by atoms with Crippen molar-refractivity contribution in [3.05, 3.63) is 0 Å². The van der Waals surface area contributed by atoms with Gasteiger partial charge >= 0.3 is 0 Å². The van der Waals surface area contributed by atoms with Crippen molar-refractivity contribution in [2.45, 2.75) is 25.4 Å². The Morgan fingerprint density at radius 3 is 0.875 bits per heavy atom. The lowest BCUT2D eigenvalue weighted by atomic mass is 11.8. The van der Waals surface area contributed by atoms with E-state index in [1.807, 2.05) is 5.79 Å². The van der Waals surface area contributed by atoms with E-state index in [-0.39, 0.29) is 42.8 Å². The Bertz CT molecular complexity index is 18.8. The topological polar surface area (TPSA) is 0 Å². The molecule has 0 aromatic carbocycles. The maximum atomic E-state index is 2.42. The zero-order chi connectivity index (χ0) is 5.58. The van der Waals surface area contributed by atoms with Crippen molar-refractivity contribution in [2.24, 2.45) is 0 Å². The fourth-order valence-corrected chi connectivity index (χ4v) is 0. The molecule has 0 heterocycles. The molecule has 0 N–H and O–H groups in total. The van der Waals surface area contributed by atoms with Crippen molar-refractivity contribution in [1.29, 1.82) is 0 Å². The van der Waals surface area contributed by atoms with Gasteiger partial charge in [-0.25, -0.2) is 0 Å². The zero-order valence-electron chi connectivity index (χ0n) is 5.89. The third kappa shape index (κ3) is 119. The Kier molecular flexibility index (Phi) is 65.9. The molecule has 0 atom stereocenters. The molecular formula is C4H14AlBr2Si. The summed E-state index contributed by atoms with van der Waals surface area (Å²) < 4.78 is 0. The van der Waals surface area contributed by atoms with Gasteiger partial charge in [0.1, 0.15) is 16.3 Å². The van der Waals surface area contributed by atoms with Crippen LogP contribution in [-0.2, 0) is 0 Å². The van der Waals surface area contributed by atoms with Crippen LogP contribution in [-0.4, -0.2) is 25.1 Å². The van der Waals surface area contributed by atoms with E-state index in [1.165, 1.54) is 0 Å². The van der Waals surface area contributed by atoms with E-state index in [0.29, 0.717) is 0 Å². The number of hydrogen-bond acceptors (Lipinski definition) is 0. The predicted octanol–water partition coefficient (Wildman–Crippen LogP) is 2.73. The fraction of sp³-hybridized carbons (Fsp3) is 1.00. The maximum absolute atomic E-state index is 2.42. The molecule has 0 aliphatic carbocycles. The first kappa shape index (κ1) is 22.6. The van der Waals surface area contributed by atoms with Crippen molar-refractivity contribution in [1.82, 2.24) is 0 Å². The minimum atomic E-state index is 0. The number of rotatable bonds is 0. The van der Waals surface area contributed by atoms with Crippen LogP contribution in [0.15, 0.2) is 0 Å². The molecule has 0 aromatic rings. The molecule has 0 saturated carbocycles. The van der Waals surface area contributed by atoms with Gasteiger partial charge in [0, 0.05) is 8.80 Å². The monoisotopic (exact) mass is 275 g/mol. The molecule has 0 fully saturated rings. The molecule has 0 aromatic heterocycles. The van der Waals surface area contributed by atoms with Crippen LogP contribution < -0.4 is 0 Å². The third-order valence-corrected chi connectivity index (χ3v) is 0. The Morgan fingerprint density at radius 1 is 0.875 bits per heavy atom. The largest absolute Gasteiger partial charge is 0.128 e. The van der Waals surface area contributed by atoms with Crippen molar-refractivity contribution in [2.75, 3.05) is 0 Å². The van der Waals surface area contributed by atoms with Crippen molar-refractivity contribution >= 4 is 59.0 Å². The second-order valence-corrected chi connectivity index (χ2v) is 4.50. The second kappa shape index (κ2) is 23.3. The molecule has 0 saturated heterocycles. The first-order valence-corrected chi connectivity index (χ1v) is 6.23. The molecule has 3 radical (unpaired) electrons. The molecule has 0 amide bonds. The standard InChI is InChI=1S/C3H9Si.CH3.Al.2BrH/c1-4(2)3;;;;/h1-3H3;1H3;;2*1H. The van der Waals surface area contributed by atoms with Gasteiger partial charge in [-0.3, -0.25) is 0 Å². The predicted molar refractivity (Wildman–Crippen MR) is 55.6 cm³/mol. The van der Waals surface area contributed by atoms with Crippen LogP contribution in [0.3, 0.4) is 0 Å². The Hall–Kier alpha value is 1.71.